The van der Waals surface area contributed by atoms with Crippen molar-refractivity contribution in [3.8, 4) is 0 Å². The van der Waals surface area contributed by atoms with Gasteiger partial charge in [0.15, 0.2) is 0 Å². The number of hydrogen-bond acceptors (Lipinski definition) is 3. The van der Waals surface area contributed by atoms with E-state index in [0.29, 0.717) is 18.4 Å². The quantitative estimate of drug-likeness (QED) is 0.678. The Hall–Kier alpha value is -2.54. The SMILES string of the molecule is COC(=O)c1ccc2c(c1)C(N(CC(F)(F)F)C(=O)c1ccccc1Cl)CC2. The second kappa shape index (κ2) is 7.83. The van der Waals surface area contributed by atoms with Crippen molar-refractivity contribution in [3.63, 3.8) is 0 Å². The van der Waals surface area contributed by atoms with Crippen LogP contribution < -0.4 is 0 Å². The van der Waals surface area contributed by atoms with Crippen LogP contribution in [-0.4, -0.2) is 36.6 Å². The summed E-state index contributed by atoms with van der Waals surface area (Å²) in [6.07, 6.45) is -3.75. The lowest BCUT2D eigenvalue weighted by Crippen LogP contribution is -2.41. The number of halogens is 4. The Morgan fingerprint density at radius 1 is 1.21 bits per heavy atom. The van der Waals surface area contributed by atoms with Crippen LogP contribution in [0.4, 0.5) is 13.2 Å². The van der Waals surface area contributed by atoms with Crippen molar-refractivity contribution < 1.29 is 27.5 Å². The Morgan fingerprint density at radius 2 is 1.93 bits per heavy atom. The van der Waals surface area contributed by atoms with Gasteiger partial charge in [-0.1, -0.05) is 29.8 Å². The van der Waals surface area contributed by atoms with Crippen LogP contribution in [0, 0.1) is 0 Å². The fourth-order valence-corrected chi connectivity index (χ4v) is 3.67. The summed E-state index contributed by atoms with van der Waals surface area (Å²) in [6.45, 7) is -1.41. The Balaban J connectivity index is 2.03. The van der Waals surface area contributed by atoms with E-state index in [1.54, 1.807) is 24.3 Å². The zero-order valence-corrected chi connectivity index (χ0v) is 15.7. The van der Waals surface area contributed by atoms with Crippen LogP contribution in [0.1, 0.15) is 44.3 Å². The summed E-state index contributed by atoms with van der Waals surface area (Å²) in [6, 6.07) is 9.94. The van der Waals surface area contributed by atoms with Crippen molar-refractivity contribution in [1.29, 1.82) is 0 Å². The van der Waals surface area contributed by atoms with Gasteiger partial charge in [-0.05, 0) is 48.2 Å². The van der Waals surface area contributed by atoms with Crippen molar-refractivity contribution >= 4 is 23.5 Å². The average Bonchev–Trinajstić information content (AvgIpc) is 3.07. The maximum absolute atomic E-state index is 13.3. The summed E-state index contributed by atoms with van der Waals surface area (Å²) < 4.78 is 44.5. The van der Waals surface area contributed by atoms with Gasteiger partial charge in [-0.15, -0.1) is 0 Å². The van der Waals surface area contributed by atoms with E-state index in [9.17, 15) is 22.8 Å². The highest BCUT2D eigenvalue weighted by molar-refractivity contribution is 6.33. The number of fused-ring (bicyclic) bond motifs is 1. The molecule has 0 fully saturated rings. The molecule has 0 saturated carbocycles. The van der Waals surface area contributed by atoms with Gasteiger partial charge in [0.25, 0.3) is 5.91 Å². The first-order valence-corrected chi connectivity index (χ1v) is 8.92. The van der Waals surface area contributed by atoms with Gasteiger partial charge in [0.1, 0.15) is 6.54 Å². The third-order valence-electron chi connectivity index (χ3n) is 4.70. The number of methoxy groups -OCH3 is 1. The topological polar surface area (TPSA) is 46.6 Å². The van der Waals surface area contributed by atoms with Crippen LogP contribution in [0.3, 0.4) is 0 Å². The highest BCUT2D eigenvalue weighted by atomic mass is 35.5. The minimum absolute atomic E-state index is 0.00555. The smallest absolute Gasteiger partial charge is 0.406 e. The van der Waals surface area contributed by atoms with Gasteiger partial charge in [-0.2, -0.15) is 13.2 Å². The summed E-state index contributed by atoms with van der Waals surface area (Å²) in [5.74, 6) is -1.39. The Bertz CT molecular complexity index is 914. The number of rotatable bonds is 4. The molecule has 0 spiro atoms. The van der Waals surface area contributed by atoms with Crippen LogP contribution in [-0.2, 0) is 11.2 Å². The summed E-state index contributed by atoms with van der Waals surface area (Å²) in [5.41, 5.74) is 1.56. The van der Waals surface area contributed by atoms with E-state index in [1.807, 2.05) is 0 Å². The van der Waals surface area contributed by atoms with Crippen LogP contribution in [0.2, 0.25) is 5.02 Å². The van der Waals surface area contributed by atoms with Crippen LogP contribution in [0.25, 0.3) is 0 Å². The number of alkyl halides is 3. The molecule has 2 aromatic rings. The third-order valence-corrected chi connectivity index (χ3v) is 5.03. The van der Waals surface area contributed by atoms with E-state index in [-0.39, 0.29) is 16.1 Å². The zero-order chi connectivity index (χ0) is 20.5. The summed E-state index contributed by atoms with van der Waals surface area (Å²) in [7, 11) is 1.23. The molecule has 2 aromatic carbocycles. The maximum Gasteiger partial charge on any atom is 0.406 e. The molecule has 3 rings (SSSR count). The fourth-order valence-electron chi connectivity index (χ4n) is 3.46. The molecular weight excluding hydrogens is 395 g/mol. The molecule has 1 amide bonds. The number of ether oxygens (including phenoxy) is 1. The number of aryl methyl sites for hydroxylation is 1. The molecule has 1 atom stereocenters. The number of benzene rings is 2. The number of nitrogens with zero attached hydrogens (tertiary/aromatic N) is 1. The first-order chi connectivity index (χ1) is 13.2. The number of carbonyl (C=O) groups excluding carboxylic acids is 2. The van der Waals surface area contributed by atoms with Gasteiger partial charge in [0, 0.05) is 0 Å². The normalized spacial score (nSPS) is 15.8. The predicted molar refractivity (Wildman–Crippen MR) is 97.4 cm³/mol. The van der Waals surface area contributed by atoms with E-state index >= 15 is 0 Å². The largest absolute Gasteiger partial charge is 0.465 e. The Kier molecular flexibility index (Phi) is 5.65. The summed E-state index contributed by atoms with van der Waals surface area (Å²) in [4.78, 5) is 25.6. The molecule has 1 unspecified atom stereocenters. The Labute approximate surface area is 164 Å². The monoisotopic (exact) mass is 411 g/mol. The van der Waals surface area contributed by atoms with Crippen molar-refractivity contribution in [3.05, 3.63) is 69.7 Å². The van der Waals surface area contributed by atoms with Gasteiger partial charge >= 0.3 is 12.1 Å². The first-order valence-electron chi connectivity index (χ1n) is 8.54. The molecule has 28 heavy (non-hydrogen) atoms. The van der Waals surface area contributed by atoms with Crippen molar-refractivity contribution in [2.45, 2.75) is 25.1 Å². The molecule has 0 bridgehead atoms. The Morgan fingerprint density at radius 3 is 2.57 bits per heavy atom. The fraction of sp³-hybridized carbons (Fsp3) is 0.300. The van der Waals surface area contributed by atoms with E-state index in [1.165, 1.54) is 25.3 Å². The van der Waals surface area contributed by atoms with Gasteiger partial charge in [0.2, 0.25) is 0 Å². The lowest BCUT2D eigenvalue weighted by atomic mass is 10.0. The van der Waals surface area contributed by atoms with Crippen LogP contribution >= 0.6 is 11.6 Å². The number of amides is 1. The zero-order valence-electron chi connectivity index (χ0n) is 14.9. The van der Waals surface area contributed by atoms with E-state index in [0.717, 1.165) is 10.5 Å². The van der Waals surface area contributed by atoms with Crippen LogP contribution in [0.15, 0.2) is 42.5 Å². The van der Waals surface area contributed by atoms with Crippen molar-refractivity contribution in [2.75, 3.05) is 13.7 Å². The van der Waals surface area contributed by atoms with Crippen molar-refractivity contribution in [2.24, 2.45) is 0 Å². The molecule has 0 aromatic heterocycles. The molecule has 0 radical (unpaired) electrons. The number of carbonyl (C=O) groups is 2. The molecule has 148 valence electrons. The minimum atomic E-state index is -4.58. The first kappa shape index (κ1) is 20.2. The molecule has 8 heteroatoms. The standard InChI is InChI=1S/C20H17ClF3NO3/c1-28-19(27)13-7-6-12-8-9-17(15(12)10-13)25(11-20(22,23)24)18(26)14-4-2-3-5-16(14)21/h2-7,10,17H,8-9,11H2,1H3. The van der Waals surface area contributed by atoms with Crippen molar-refractivity contribution in [1.82, 2.24) is 4.90 Å². The minimum Gasteiger partial charge on any atom is -0.465 e. The highest BCUT2D eigenvalue weighted by Gasteiger charge is 2.40. The molecular formula is C20H17ClF3NO3. The lowest BCUT2D eigenvalue weighted by molar-refractivity contribution is -0.144. The molecule has 1 aliphatic rings. The van der Waals surface area contributed by atoms with E-state index < -0.39 is 30.6 Å². The molecule has 4 nitrogen and oxygen atoms in total. The van der Waals surface area contributed by atoms with Gasteiger partial charge in [-0.25, -0.2) is 4.79 Å². The van der Waals surface area contributed by atoms with E-state index in [2.05, 4.69) is 4.74 Å². The lowest BCUT2D eigenvalue weighted by Gasteiger charge is -2.31. The molecule has 0 aliphatic heterocycles. The van der Waals surface area contributed by atoms with Gasteiger partial charge in [-0.3, -0.25) is 4.79 Å². The highest BCUT2D eigenvalue weighted by Crippen LogP contribution is 2.39. The molecule has 0 N–H and O–H groups in total. The molecule has 0 heterocycles. The van der Waals surface area contributed by atoms with Gasteiger partial charge in [0.05, 0.1) is 29.3 Å². The molecule has 1 aliphatic carbocycles. The van der Waals surface area contributed by atoms with E-state index in [4.69, 9.17) is 11.6 Å². The average molecular weight is 412 g/mol. The maximum atomic E-state index is 13.3. The summed E-state index contributed by atoms with van der Waals surface area (Å²) >= 11 is 6.04. The number of esters is 1. The number of hydrogen-bond donors (Lipinski definition) is 0. The molecule has 0 saturated heterocycles. The second-order valence-electron chi connectivity index (χ2n) is 6.49. The predicted octanol–water partition coefficient (Wildman–Crippen LogP) is 4.82. The van der Waals surface area contributed by atoms with Crippen LogP contribution in [0.5, 0.6) is 0 Å². The van der Waals surface area contributed by atoms with Gasteiger partial charge < -0.3 is 9.64 Å². The second-order valence-corrected chi connectivity index (χ2v) is 6.89. The summed E-state index contributed by atoms with van der Waals surface area (Å²) in [5, 5.41) is 0.0845. The third kappa shape index (κ3) is 4.14.